The van der Waals surface area contributed by atoms with E-state index in [2.05, 4.69) is 62.1 Å². The number of rotatable bonds is 2. The molecule has 0 radical (unpaired) electrons. The monoisotopic (exact) mass is 370 g/mol. The maximum atomic E-state index is 12.8. The highest BCUT2D eigenvalue weighted by Gasteiger charge is 2.37. The zero-order valence-electron chi connectivity index (χ0n) is 12.9. The van der Waals surface area contributed by atoms with Gasteiger partial charge in [0.2, 0.25) is 0 Å². The molecule has 0 saturated carbocycles. The molecule has 2 heterocycles. The SMILES string of the molecule is O=C1c2c(Br)cccc2C[C@@H]2CN(Cc3ccccc3)CCN12. The summed E-state index contributed by atoms with van der Waals surface area (Å²) in [5.41, 5.74) is 3.37. The Balaban J connectivity index is 1.54. The predicted octanol–water partition coefficient (Wildman–Crippen LogP) is 3.33. The summed E-state index contributed by atoms with van der Waals surface area (Å²) < 4.78 is 0.921. The highest BCUT2D eigenvalue weighted by molar-refractivity contribution is 9.10. The standard InChI is InChI=1S/C19H19BrN2O/c20-17-8-4-7-15-11-16-13-21(12-14-5-2-1-3-6-14)9-10-22(16)19(23)18(15)17/h1-8,16H,9-13H2/t16-/m1/s1. The quantitative estimate of drug-likeness (QED) is 0.809. The van der Waals surface area contributed by atoms with Crippen LogP contribution in [-0.4, -0.2) is 41.4 Å². The molecule has 4 rings (SSSR count). The normalized spacial score (nSPS) is 21.0. The van der Waals surface area contributed by atoms with Crippen LogP contribution >= 0.6 is 15.9 Å². The number of hydrogen-bond acceptors (Lipinski definition) is 2. The van der Waals surface area contributed by atoms with Crippen molar-refractivity contribution < 1.29 is 4.79 Å². The Labute approximate surface area is 145 Å². The molecule has 2 aliphatic rings. The van der Waals surface area contributed by atoms with E-state index in [0.717, 1.165) is 42.6 Å². The fourth-order valence-electron chi connectivity index (χ4n) is 3.72. The first-order chi connectivity index (χ1) is 11.2. The van der Waals surface area contributed by atoms with Gasteiger partial charge < -0.3 is 4.90 Å². The van der Waals surface area contributed by atoms with Crippen LogP contribution in [0.15, 0.2) is 53.0 Å². The molecular formula is C19H19BrN2O. The second kappa shape index (κ2) is 6.10. The summed E-state index contributed by atoms with van der Waals surface area (Å²) in [5, 5.41) is 0. The molecule has 2 aromatic carbocycles. The minimum atomic E-state index is 0.183. The number of piperazine rings is 1. The van der Waals surface area contributed by atoms with Gasteiger partial charge in [-0.05, 0) is 39.5 Å². The van der Waals surface area contributed by atoms with E-state index in [0.29, 0.717) is 6.04 Å². The number of fused-ring (bicyclic) bond motifs is 2. The Morgan fingerprint density at radius 1 is 1.04 bits per heavy atom. The average Bonchev–Trinajstić information content (AvgIpc) is 2.55. The molecule has 0 unspecified atom stereocenters. The third kappa shape index (κ3) is 2.81. The lowest BCUT2D eigenvalue weighted by Crippen LogP contribution is -2.57. The molecule has 2 aromatic rings. The predicted molar refractivity (Wildman–Crippen MR) is 94.4 cm³/mol. The largest absolute Gasteiger partial charge is 0.333 e. The molecule has 0 N–H and O–H groups in total. The molecule has 23 heavy (non-hydrogen) atoms. The Kier molecular flexibility index (Phi) is 3.95. The third-order valence-electron chi connectivity index (χ3n) is 4.85. The Bertz CT molecular complexity index is 731. The van der Waals surface area contributed by atoms with Crippen molar-refractivity contribution in [2.24, 2.45) is 0 Å². The first kappa shape index (κ1) is 14.9. The Morgan fingerprint density at radius 2 is 1.87 bits per heavy atom. The smallest absolute Gasteiger partial charge is 0.255 e. The molecule has 0 aromatic heterocycles. The van der Waals surface area contributed by atoms with Crippen molar-refractivity contribution in [3.05, 3.63) is 69.7 Å². The molecule has 3 nitrogen and oxygen atoms in total. The van der Waals surface area contributed by atoms with Gasteiger partial charge in [-0.15, -0.1) is 0 Å². The van der Waals surface area contributed by atoms with Gasteiger partial charge >= 0.3 is 0 Å². The van der Waals surface area contributed by atoms with Crippen LogP contribution in [-0.2, 0) is 13.0 Å². The van der Waals surface area contributed by atoms with Crippen LogP contribution in [0.3, 0.4) is 0 Å². The topological polar surface area (TPSA) is 23.6 Å². The van der Waals surface area contributed by atoms with Crippen molar-refractivity contribution in [1.29, 1.82) is 0 Å². The van der Waals surface area contributed by atoms with Crippen LogP contribution < -0.4 is 0 Å². The summed E-state index contributed by atoms with van der Waals surface area (Å²) in [6, 6.07) is 16.9. The lowest BCUT2D eigenvalue weighted by Gasteiger charge is -2.44. The molecule has 1 atom stereocenters. The van der Waals surface area contributed by atoms with E-state index < -0.39 is 0 Å². The van der Waals surface area contributed by atoms with Crippen molar-refractivity contribution in [1.82, 2.24) is 9.80 Å². The number of carbonyl (C=O) groups is 1. The molecule has 1 fully saturated rings. The van der Waals surface area contributed by atoms with Crippen molar-refractivity contribution in [3.63, 3.8) is 0 Å². The summed E-state index contributed by atoms with van der Waals surface area (Å²) in [5.74, 6) is 0.183. The molecule has 0 aliphatic carbocycles. The van der Waals surface area contributed by atoms with E-state index in [9.17, 15) is 4.79 Å². The number of hydrogen-bond donors (Lipinski definition) is 0. The average molecular weight is 371 g/mol. The van der Waals surface area contributed by atoms with Crippen LogP contribution in [0.2, 0.25) is 0 Å². The van der Waals surface area contributed by atoms with Crippen LogP contribution in [0.25, 0.3) is 0 Å². The first-order valence-corrected chi connectivity index (χ1v) is 8.86. The Hall–Kier alpha value is -1.65. The maximum absolute atomic E-state index is 12.8. The summed E-state index contributed by atoms with van der Waals surface area (Å²) in [6.07, 6.45) is 0.950. The van der Waals surface area contributed by atoms with Crippen LogP contribution in [0.5, 0.6) is 0 Å². The minimum Gasteiger partial charge on any atom is -0.333 e. The number of nitrogens with zero attached hydrogens (tertiary/aromatic N) is 2. The summed E-state index contributed by atoms with van der Waals surface area (Å²) in [4.78, 5) is 17.3. The van der Waals surface area contributed by atoms with E-state index in [1.54, 1.807) is 0 Å². The number of amides is 1. The third-order valence-corrected chi connectivity index (χ3v) is 5.51. The summed E-state index contributed by atoms with van der Waals surface area (Å²) in [6.45, 7) is 3.67. The minimum absolute atomic E-state index is 0.183. The lowest BCUT2D eigenvalue weighted by atomic mass is 9.91. The highest BCUT2D eigenvalue weighted by atomic mass is 79.9. The van der Waals surface area contributed by atoms with Crippen LogP contribution in [0, 0.1) is 0 Å². The molecule has 0 bridgehead atoms. The van der Waals surface area contributed by atoms with Gasteiger partial charge in [0.1, 0.15) is 0 Å². The van der Waals surface area contributed by atoms with E-state index in [1.165, 1.54) is 11.1 Å². The molecule has 0 spiro atoms. The highest BCUT2D eigenvalue weighted by Crippen LogP contribution is 2.31. The molecule has 118 valence electrons. The van der Waals surface area contributed by atoms with Gasteiger partial charge in [-0.25, -0.2) is 0 Å². The second-order valence-corrected chi connectivity index (χ2v) is 7.21. The maximum Gasteiger partial charge on any atom is 0.255 e. The second-order valence-electron chi connectivity index (χ2n) is 6.35. The molecule has 2 aliphatic heterocycles. The van der Waals surface area contributed by atoms with Crippen LogP contribution in [0.1, 0.15) is 21.5 Å². The van der Waals surface area contributed by atoms with Crippen molar-refractivity contribution in [3.8, 4) is 0 Å². The summed E-state index contributed by atoms with van der Waals surface area (Å²) in [7, 11) is 0. The van der Waals surface area contributed by atoms with E-state index >= 15 is 0 Å². The van der Waals surface area contributed by atoms with E-state index in [-0.39, 0.29) is 5.91 Å². The number of carbonyl (C=O) groups excluding carboxylic acids is 1. The van der Waals surface area contributed by atoms with Crippen molar-refractivity contribution in [2.45, 2.75) is 19.0 Å². The zero-order chi connectivity index (χ0) is 15.8. The molecule has 4 heteroatoms. The zero-order valence-corrected chi connectivity index (χ0v) is 14.5. The van der Waals surface area contributed by atoms with Crippen LogP contribution in [0.4, 0.5) is 0 Å². The van der Waals surface area contributed by atoms with Gasteiger partial charge in [-0.3, -0.25) is 9.69 Å². The molecular weight excluding hydrogens is 352 g/mol. The van der Waals surface area contributed by atoms with Gasteiger partial charge in [0, 0.05) is 36.7 Å². The fourth-order valence-corrected chi connectivity index (χ4v) is 4.30. The van der Waals surface area contributed by atoms with Gasteiger partial charge in [0.05, 0.1) is 5.56 Å². The summed E-state index contributed by atoms with van der Waals surface area (Å²) >= 11 is 3.54. The van der Waals surface area contributed by atoms with Crippen molar-refractivity contribution in [2.75, 3.05) is 19.6 Å². The number of halogens is 1. The Morgan fingerprint density at radius 3 is 2.70 bits per heavy atom. The van der Waals surface area contributed by atoms with Gasteiger partial charge in [-0.2, -0.15) is 0 Å². The van der Waals surface area contributed by atoms with Gasteiger partial charge in [-0.1, -0.05) is 42.5 Å². The van der Waals surface area contributed by atoms with Crippen molar-refractivity contribution >= 4 is 21.8 Å². The molecule has 1 saturated heterocycles. The van der Waals surface area contributed by atoms with E-state index in [1.807, 2.05) is 12.1 Å². The fraction of sp³-hybridized carbons (Fsp3) is 0.316. The molecule has 1 amide bonds. The van der Waals surface area contributed by atoms with E-state index in [4.69, 9.17) is 0 Å². The first-order valence-electron chi connectivity index (χ1n) is 8.07. The van der Waals surface area contributed by atoms with Gasteiger partial charge in [0.25, 0.3) is 5.91 Å². The van der Waals surface area contributed by atoms with Gasteiger partial charge in [0.15, 0.2) is 0 Å². The number of benzene rings is 2. The lowest BCUT2D eigenvalue weighted by molar-refractivity contribution is 0.0400.